The number of phenolic OH excluding ortho intramolecular Hbond substituents is 1. The van der Waals surface area contributed by atoms with Crippen LogP contribution >= 0.6 is 0 Å². The van der Waals surface area contributed by atoms with Crippen LogP contribution in [0.5, 0.6) is 5.75 Å². The molecule has 0 saturated carbocycles. The second-order valence-corrected chi connectivity index (χ2v) is 7.68. The van der Waals surface area contributed by atoms with Gasteiger partial charge in [-0.1, -0.05) is 36.4 Å². The number of aromatic nitrogens is 1. The predicted molar refractivity (Wildman–Crippen MR) is 107 cm³/mol. The Morgan fingerprint density at radius 2 is 1.85 bits per heavy atom. The van der Waals surface area contributed by atoms with Gasteiger partial charge in [-0.25, -0.2) is 13.1 Å². The lowest BCUT2D eigenvalue weighted by atomic mass is 10.2. The van der Waals surface area contributed by atoms with Crippen molar-refractivity contribution in [2.75, 3.05) is 19.6 Å². The van der Waals surface area contributed by atoms with E-state index in [2.05, 4.69) is 15.0 Å². The van der Waals surface area contributed by atoms with Gasteiger partial charge in [0.25, 0.3) is 0 Å². The maximum atomic E-state index is 12.6. The number of hydrogen-bond acceptors (Lipinski definition) is 5. The van der Waals surface area contributed by atoms with Crippen molar-refractivity contribution in [1.29, 1.82) is 0 Å². The summed E-state index contributed by atoms with van der Waals surface area (Å²) in [6.45, 7) is 1.41. The molecule has 140 valence electrons. The average Bonchev–Trinajstić information content (AvgIpc) is 2.68. The summed E-state index contributed by atoms with van der Waals surface area (Å²) in [4.78, 5) is 4.28. The molecule has 6 nitrogen and oxygen atoms in total. The monoisotopic (exact) mass is 383 g/mol. The third kappa shape index (κ3) is 5.13. The van der Waals surface area contributed by atoms with Gasteiger partial charge in [0.2, 0.25) is 10.0 Å². The maximum absolute atomic E-state index is 12.6. The molecule has 0 saturated heterocycles. The summed E-state index contributed by atoms with van der Waals surface area (Å²) >= 11 is 0. The first kappa shape index (κ1) is 19.0. The molecule has 0 aliphatic rings. The lowest BCUT2D eigenvalue weighted by Gasteiger charge is -2.09. The highest BCUT2D eigenvalue weighted by Crippen LogP contribution is 2.21. The van der Waals surface area contributed by atoms with Crippen LogP contribution in [-0.2, 0) is 10.0 Å². The van der Waals surface area contributed by atoms with E-state index in [1.165, 1.54) is 0 Å². The number of benzene rings is 2. The number of nitrogens with zero attached hydrogens (tertiary/aromatic N) is 1. The Morgan fingerprint density at radius 3 is 2.67 bits per heavy atom. The van der Waals surface area contributed by atoms with Crippen molar-refractivity contribution in [2.45, 2.75) is 4.90 Å². The Kier molecular flexibility index (Phi) is 6.18. The van der Waals surface area contributed by atoms with Crippen molar-refractivity contribution in [3.8, 4) is 5.75 Å². The highest BCUT2D eigenvalue weighted by atomic mass is 32.2. The van der Waals surface area contributed by atoms with Crippen molar-refractivity contribution in [3.05, 3.63) is 72.6 Å². The maximum Gasteiger partial charge on any atom is 0.241 e. The minimum atomic E-state index is -3.59. The number of sulfonamides is 1. The highest BCUT2D eigenvalue weighted by Gasteiger charge is 2.16. The molecule has 1 aromatic heterocycles. The van der Waals surface area contributed by atoms with Crippen LogP contribution in [0.3, 0.4) is 0 Å². The van der Waals surface area contributed by atoms with Crippen LogP contribution < -0.4 is 10.0 Å². The first-order valence-corrected chi connectivity index (χ1v) is 10.0. The SMILES string of the molecule is O=S(=O)(NCCNCC=Cc1ccc(O)cc1)c1cccc2cnccc12. The zero-order chi connectivity index (χ0) is 19.1. The molecule has 0 atom stereocenters. The normalized spacial score (nSPS) is 12.0. The van der Waals surface area contributed by atoms with Gasteiger partial charge in [-0.3, -0.25) is 4.98 Å². The molecule has 0 aliphatic carbocycles. The number of aromatic hydroxyl groups is 1. The van der Waals surface area contributed by atoms with Crippen molar-refractivity contribution >= 4 is 26.9 Å². The molecule has 0 amide bonds. The van der Waals surface area contributed by atoms with Crippen LogP contribution in [-0.4, -0.2) is 38.1 Å². The summed E-state index contributed by atoms with van der Waals surface area (Å²) in [5, 5.41) is 13.8. The van der Waals surface area contributed by atoms with Gasteiger partial charge in [0.15, 0.2) is 0 Å². The molecule has 7 heteroatoms. The summed E-state index contributed by atoms with van der Waals surface area (Å²) < 4.78 is 27.7. The topological polar surface area (TPSA) is 91.3 Å². The van der Waals surface area contributed by atoms with Crippen molar-refractivity contribution in [3.63, 3.8) is 0 Å². The van der Waals surface area contributed by atoms with E-state index in [4.69, 9.17) is 0 Å². The quantitative estimate of drug-likeness (QED) is 0.520. The fourth-order valence-electron chi connectivity index (χ4n) is 2.64. The van der Waals surface area contributed by atoms with Gasteiger partial charge >= 0.3 is 0 Å². The average molecular weight is 383 g/mol. The Morgan fingerprint density at radius 1 is 1.04 bits per heavy atom. The summed E-state index contributed by atoms with van der Waals surface area (Å²) in [5.41, 5.74) is 0.987. The molecular formula is C20H21N3O3S. The number of phenols is 1. The Bertz CT molecular complexity index is 1030. The molecule has 2 aromatic carbocycles. The molecule has 0 radical (unpaired) electrons. The van der Waals surface area contributed by atoms with Gasteiger partial charge in [-0.2, -0.15) is 0 Å². The summed E-state index contributed by atoms with van der Waals surface area (Å²) in [5.74, 6) is 0.236. The van der Waals surface area contributed by atoms with Gasteiger partial charge < -0.3 is 10.4 Å². The molecule has 3 aromatic rings. The lowest BCUT2D eigenvalue weighted by molar-refractivity contribution is 0.475. The van der Waals surface area contributed by atoms with E-state index in [0.717, 1.165) is 10.9 Å². The van der Waals surface area contributed by atoms with Crippen LogP contribution in [0.15, 0.2) is 71.9 Å². The minimum Gasteiger partial charge on any atom is -0.508 e. The molecule has 27 heavy (non-hydrogen) atoms. The highest BCUT2D eigenvalue weighted by molar-refractivity contribution is 7.89. The number of nitrogens with one attached hydrogen (secondary N) is 2. The zero-order valence-corrected chi connectivity index (χ0v) is 15.5. The largest absolute Gasteiger partial charge is 0.508 e. The second kappa shape index (κ2) is 8.77. The van der Waals surface area contributed by atoms with Crippen molar-refractivity contribution in [1.82, 2.24) is 15.0 Å². The van der Waals surface area contributed by atoms with Gasteiger partial charge in [0.1, 0.15) is 5.75 Å². The summed E-state index contributed by atoms with van der Waals surface area (Å²) in [6, 6.07) is 13.7. The van der Waals surface area contributed by atoms with E-state index >= 15 is 0 Å². The first-order chi connectivity index (χ1) is 13.1. The summed E-state index contributed by atoms with van der Waals surface area (Å²) in [7, 11) is -3.59. The van der Waals surface area contributed by atoms with Crippen molar-refractivity contribution in [2.24, 2.45) is 0 Å². The van der Waals surface area contributed by atoms with Gasteiger partial charge in [-0.05, 0) is 29.8 Å². The Labute approximate surface area is 158 Å². The fraction of sp³-hybridized carbons (Fsp3) is 0.150. The van der Waals surface area contributed by atoms with Gasteiger partial charge in [0.05, 0.1) is 4.90 Å². The molecule has 3 rings (SSSR count). The summed E-state index contributed by atoms with van der Waals surface area (Å²) in [6.07, 6.45) is 7.11. The smallest absolute Gasteiger partial charge is 0.241 e. The van der Waals surface area contributed by atoms with Gasteiger partial charge in [-0.15, -0.1) is 0 Å². The van der Waals surface area contributed by atoms with Crippen LogP contribution in [0.4, 0.5) is 0 Å². The number of pyridine rings is 1. The van der Waals surface area contributed by atoms with Gasteiger partial charge in [0, 0.05) is 42.8 Å². The van der Waals surface area contributed by atoms with E-state index in [1.807, 2.05) is 30.4 Å². The van der Waals surface area contributed by atoms with Crippen LogP contribution in [0.2, 0.25) is 0 Å². The third-order valence-electron chi connectivity index (χ3n) is 3.99. The molecule has 3 N–H and O–H groups in total. The molecule has 0 aliphatic heterocycles. The Hall–Kier alpha value is -2.74. The molecule has 0 unspecified atom stereocenters. The van der Waals surface area contributed by atoms with Crippen LogP contribution in [0.1, 0.15) is 5.56 Å². The van der Waals surface area contributed by atoms with E-state index in [-0.39, 0.29) is 17.2 Å². The number of fused-ring (bicyclic) bond motifs is 1. The molecular weight excluding hydrogens is 362 g/mol. The number of rotatable bonds is 8. The van der Waals surface area contributed by atoms with Crippen molar-refractivity contribution < 1.29 is 13.5 Å². The predicted octanol–water partition coefficient (Wildman–Crippen LogP) is 2.52. The lowest BCUT2D eigenvalue weighted by Crippen LogP contribution is -2.32. The van der Waals surface area contributed by atoms with E-state index in [0.29, 0.717) is 18.5 Å². The fourth-order valence-corrected chi connectivity index (χ4v) is 3.90. The minimum absolute atomic E-state index is 0.236. The van der Waals surface area contributed by atoms with E-state index < -0.39 is 10.0 Å². The molecule has 0 bridgehead atoms. The molecule has 1 heterocycles. The first-order valence-electron chi connectivity index (χ1n) is 8.55. The Balaban J connectivity index is 1.49. The standard InChI is InChI=1S/C20H21N3O3S/c24-18-8-6-16(7-9-18)3-2-11-21-13-14-23-27(25,26)20-5-1-4-17-15-22-12-10-19(17)20/h1-10,12,15,21,23-24H,11,13-14H2. The third-order valence-corrected chi connectivity index (χ3v) is 5.51. The molecule has 0 spiro atoms. The zero-order valence-electron chi connectivity index (χ0n) is 14.7. The van der Waals surface area contributed by atoms with Crippen LogP contribution in [0, 0.1) is 0 Å². The second-order valence-electron chi connectivity index (χ2n) is 5.95. The van der Waals surface area contributed by atoms with Crippen LogP contribution in [0.25, 0.3) is 16.8 Å². The van der Waals surface area contributed by atoms with E-state index in [9.17, 15) is 13.5 Å². The number of hydrogen-bond donors (Lipinski definition) is 3. The van der Waals surface area contributed by atoms with E-state index in [1.54, 1.807) is 42.7 Å². The molecule has 0 fully saturated rings.